The second kappa shape index (κ2) is 7.57. The van der Waals surface area contributed by atoms with Crippen molar-refractivity contribution >= 4 is 17.5 Å². The summed E-state index contributed by atoms with van der Waals surface area (Å²) in [6, 6.07) is 13.0. The van der Waals surface area contributed by atoms with Gasteiger partial charge in [0.1, 0.15) is 0 Å². The molecule has 0 aliphatic carbocycles. The monoisotopic (exact) mass is 329 g/mol. The average molecular weight is 330 g/mol. The Labute approximate surface area is 141 Å². The fraction of sp³-hybridized carbons (Fsp3) is 0.333. The summed E-state index contributed by atoms with van der Waals surface area (Å²) >= 11 is 6.12. The minimum atomic E-state index is -0.280. The minimum Gasteiger partial charge on any atom is -0.343 e. The number of rotatable bonds is 4. The van der Waals surface area contributed by atoms with Crippen molar-refractivity contribution in [3.8, 4) is 0 Å². The van der Waals surface area contributed by atoms with Gasteiger partial charge in [-0.25, -0.2) is 0 Å². The summed E-state index contributed by atoms with van der Waals surface area (Å²) in [7, 11) is 0. The molecule has 120 valence electrons. The first-order valence-corrected chi connectivity index (χ1v) is 8.29. The van der Waals surface area contributed by atoms with Crippen LogP contribution in [0.3, 0.4) is 0 Å². The maximum Gasteiger partial charge on any atom is 0.224 e. The molecule has 1 atom stereocenters. The van der Waals surface area contributed by atoms with E-state index in [0.717, 1.165) is 37.2 Å². The average Bonchev–Trinajstić information content (AvgIpc) is 2.61. The van der Waals surface area contributed by atoms with Gasteiger partial charge in [0.15, 0.2) is 0 Å². The number of aromatic nitrogens is 1. The third-order valence-corrected chi connectivity index (χ3v) is 4.40. The highest BCUT2D eigenvalue weighted by Crippen LogP contribution is 2.24. The zero-order valence-electron chi connectivity index (χ0n) is 12.8. The van der Waals surface area contributed by atoms with E-state index in [1.54, 1.807) is 6.20 Å². The van der Waals surface area contributed by atoms with E-state index in [2.05, 4.69) is 15.6 Å². The van der Waals surface area contributed by atoms with Gasteiger partial charge in [-0.1, -0.05) is 29.8 Å². The zero-order valence-corrected chi connectivity index (χ0v) is 13.6. The lowest BCUT2D eigenvalue weighted by Gasteiger charge is -2.25. The van der Waals surface area contributed by atoms with Crippen LogP contribution in [0.5, 0.6) is 0 Å². The molecule has 1 aliphatic heterocycles. The molecule has 1 unspecified atom stereocenters. The quantitative estimate of drug-likeness (QED) is 0.906. The van der Waals surface area contributed by atoms with Gasteiger partial charge in [-0.3, -0.25) is 9.78 Å². The van der Waals surface area contributed by atoms with Crippen molar-refractivity contribution in [3.05, 3.63) is 64.9 Å². The summed E-state index contributed by atoms with van der Waals surface area (Å²) in [5.74, 6) is 0.142. The summed E-state index contributed by atoms with van der Waals surface area (Å²) in [5, 5.41) is 7.09. The Balaban J connectivity index is 1.85. The van der Waals surface area contributed by atoms with Gasteiger partial charge < -0.3 is 10.6 Å². The van der Waals surface area contributed by atoms with Gasteiger partial charge in [0.25, 0.3) is 0 Å². The Hall–Kier alpha value is -1.91. The zero-order chi connectivity index (χ0) is 16.1. The van der Waals surface area contributed by atoms with Gasteiger partial charge in [0, 0.05) is 17.1 Å². The van der Waals surface area contributed by atoms with Crippen molar-refractivity contribution < 1.29 is 4.79 Å². The van der Waals surface area contributed by atoms with Crippen LogP contribution in [0.1, 0.15) is 30.1 Å². The van der Waals surface area contributed by atoms with Crippen LogP contribution in [0.4, 0.5) is 0 Å². The van der Waals surface area contributed by atoms with Crippen molar-refractivity contribution in [2.24, 2.45) is 5.92 Å². The molecule has 1 saturated heterocycles. The Bertz CT molecular complexity index is 656. The number of carbonyl (C=O) groups excluding carboxylic acids is 1. The van der Waals surface area contributed by atoms with Crippen molar-refractivity contribution in [2.75, 3.05) is 13.1 Å². The Kier molecular flexibility index (Phi) is 5.26. The van der Waals surface area contributed by atoms with Gasteiger partial charge in [-0.15, -0.1) is 0 Å². The summed E-state index contributed by atoms with van der Waals surface area (Å²) in [6.45, 7) is 1.78. The van der Waals surface area contributed by atoms with Crippen molar-refractivity contribution in [1.29, 1.82) is 0 Å². The summed E-state index contributed by atoms with van der Waals surface area (Å²) in [6.07, 6.45) is 3.48. The van der Waals surface area contributed by atoms with Crippen molar-refractivity contribution in [3.63, 3.8) is 0 Å². The van der Waals surface area contributed by atoms with Crippen LogP contribution in [-0.4, -0.2) is 24.0 Å². The fourth-order valence-corrected chi connectivity index (χ4v) is 3.10. The number of carbonyl (C=O) groups is 1. The number of nitrogens with one attached hydrogen (secondary N) is 2. The highest BCUT2D eigenvalue weighted by Gasteiger charge is 2.25. The Morgan fingerprint density at radius 2 is 2.04 bits per heavy atom. The van der Waals surface area contributed by atoms with E-state index in [-0.39, 0.29) is 17.9 Å². The number of halogens is 1. The number of piperidine rings is 1. The third-order valence-electron chi connectivity index (χ3n) is 4.16. The number of amides is 1. The normalized spacial score (nSPS) is 16.7. The van der Waals surface area contributed by atoms with E-state index in [4.69, 9.17) is 11.6 Å². The highest BCUT2D eigenvalue weighted by molar-refractivity contribution is 6.30. The van der Waals surface area contributed by atoms with Crippen LogP contribution in [0.15, 0.2) is 48.7 Å². The van der Waals surface area contributed by atoms with E-state index >= 15 is 0 Å². The lowest BCUT2D eigenvalue weighted by molar-refractivity contribution is -0.126. The molecule has 0 spiro atoms. The smallest absolute Gasteiger partial charge is 0.224 e. The maximum atomic E-state index is 12.6. The molecule has 0 radical (unpaired) electrons. The molecule has 4 nitrogen and oxygen atoms in total. The second-order valence-corrected chi connectivity index (χ2v) is 6.21. The van der Waals surface area contributed by atoms with Crippen LogP contribution in [0.25, 0.3) is 0 Å². The summed E-state index contributed by atoms with van der Waals surface area (Å²) in [4.78, 5) is 17.1. The number of benzene rings is 1. The molecule has 2 aromatic rings. The standard InChI is InChI=1S/C18H20ClN3O/c19-15-5-3-4-14(12-15)17(16-6-1-2-9-21-16)22-18(23)13-7-10-20-11-8-13/h1-6,9,12-13,17,20H,7-8,10-11H2,(H,22,23). The van der Waals surface area contributed by atoms with E-state index in [9.17, 15) is 4.79 Å². The topological polar surface area (TPSA) is 54.0 Å². The first-order valence-electron chi connectivity index (χ1n) is 7.91. The summed E-state index contributed by atoms with van der Waals surface area (Å²) in [5.41, 5.74) is 1.76. The van der Waals surface area contributed by atoms with Gasteiger partial charge >= 0.3 is 0 Å². The second-order valence-electron chi connectivity index (χ2n) is 5.78. The molecular formula is C18H20ClN3O. The number of hydrogen-bond acceptors (Lipinski definition) is 3. The van der Waals surface area contributed by atoms with Crippen LogP contribution in [-0.2, 0) is 4.79 Å². The largest absolute Gasteiger partial charge is 0.343 e. The molecule has 5 heteroatoms. The molecule has 1 aromatic heterocycles. The van der Waals surface area contributed by atoms with E-state index in [0.29, 0.717) is 5.02 Å². The fourth-order valence-electron chi connectivity index (χ4n) is 2.91. The first kappa shape index (κ1) is 16.0. The SMILES string of the molecule is O=C(NC(c1cccc(Cl)c1)c1ccccn1)C1CCNCC1. The van der Waals surface area contributed by atoms with Crippen LogP contribution < -0.4 is 10.6 Å². The Morgan fingerprint density at radius 3 is 2.74 bits per heavy atom. The molecule has 23 heavy (non-hydrogen) atoms. The lowest BCUT2D eigenvalue weighted by Crippen LogP contribution is -2.40. The van der Waals surface area contributed by atoms with Gasteiger partial charge in [0.2, 0.25) is 5.91 Å². The first-order chi connectivity index (χ1) is 11.2. The molecule has 0 bridgehead atoms. The molecule has 0 saturated carbocycles. The molecule has 1 amide bonds. The third kappa shape index (κ3) is 4.09. The predicted molar refractivity (Wildman–Crippen MR) is 91.3 cm³/mol. The van der Waals surface area contributed by atoms with E-state index < -0.39 is 0 Å². The molecular weight excluding hydrogens is 310 g/mol. The molecule has 1 aromatic carbocycles. The molecule has 3 rings (SSSR count). The number of hydrogen-bond donors (Lipinski definition) is 2. The molecule has 2 heterocycles. The maximum absolute atomic E-state index is 12.6. The van der Waals surface area contributed by atoms with Crippen LogP contribution in [0, 0.1) is 5.92 Å². The minimum absolute atomic E-state index is 0.0571. The van der Waals surface area contributed by atoms with Crippen molar-refractivity contribution in [1.82, 2.24) is 15.6 Å². The van der Waals surface area contributed by atoms with E-state index in [1.165, 1.54) is 0 Å². The van der Waals surface area contributed by atoms with Crippen molar-refractivity contribution in [2.45, 2.75) is 18.9 Å². The van der Waals surface area contributed by atoms with Gasteiger partial charge in [-0.05, 0) is 55.8 Å². The summed E-state index contributed by atoms with van der Waals surface area (Å²) < 4.78 is 0. The van der Waals surface area contributed by atoms with Gasteiger partial charge in [0.05, 0.1) is 11.7 Å². The van der Waals surface area contributed by atoms with E-state index in [1.807, 2.05) is 42.5 Å². The molecule has 1 fully saturated rings. The predicted octanol–water partition coefficient (Wildman–Crippen LogP) is 2.94. The highest BCUT2D eigenvalue weighted by atomic mass is 35.5. The molecule has 2 N–H and O–H groups in total. The van der Waals surface area contributed by atoms with Crippen LogP contribution >= 0.6 is 11.6 Å². The number of pyridine rings is 1. The lowest BCUT2D eigenvalue weighted by atomic mass is 9.95. The van der Waals surface area contributed by atoms with Crippen LogP contribution in [0.2, 0.25) is 5.02 Å². The van der Waals surface area contributed by atoms with Gasteiger partial charge in [-0.2, -0.15) is 0 Å². The molecule has 1 aliphatic rings. The Morgan fingerprint density at radius 1 is 1.22 bits per heavy atom. The number of nitrogens with zero attached hydrogens (tertiary/aromatic N) is 1.